The van der Waals surface area contributed by atoms with E-state index < -0.39 is 29.7 Å². The highest BCUT2D eigenvalue weighted by Crippen LogP contribution is 2.23. The lowest BCUT2D eigenvalue weighted by molar-refractivity contribution is -0.130. The minimum Gasteiger partial charge on any atom is -0.354 e. The first-order valence-electron chi connectivity index (χ1n) is 25.0. The smallest absolute Gasteiger partial charge is 0.242 e. The summed E-state index contributed by atoms with van der Waals surface area (Å²) in [6.45, 7) is 15.8. The van der Waals surface area contributed by atoms with E-state index in [-0.39, 0.29) is 42.8 Å². The van der Waals surface area contributed by atoms with Crippen LogP contribution in [0.3, 0.4) is 0 Å². The molecule has 0 bridgehead atoms. The summed E-state index contributed by atoms with van der Waals surface area (Å²) in [6.07, 6.45) is 7.02. The topological polar surface area (TPSA) is 192 Å². The molecule has 0 aliphatic rings. The maximum Gasteiger partial charge on any atom is 0.242 e. The molecule has 4 aromatic carbocycles. The summed E-state index contributed by atoms with van der Waals surface area (Å²) < 4.78 is 0. The van der Waals surface area contributed by atoms with Gasteiger partial charge in [-0.05, 0) is 78.3 Å². The molecule has 0 aliphatic carbocycles. The predicted octanol–water partition coefficient (Wildman–Crippen LogP) is 7.05. The number of hydrogen-bond acceptors (Lipinski definition) is 8. The van der Waals surface area contributed by atoms with Gasteiger partial charge >= 0.3 is 0 Å². The highest BCUT2D eigenvalue weighted by atomic mass is 16.2. The third kappa shape index (κ3) is 19.7. The average molecular weight is 931 g/mol. The number of amides is 4. The highest BCUT2D eigenvalue weighted by molar-refractivity contribution is 5.91. The first-order valence-corrected chi connectivity index (χ1v) is 25.0. The number of rotatable bonds is 30. The largest absolute Gasteiger partial charge is 0.354 e. The summed E-state index contributed by atoms with van der Waals surface area (Å²) >= 11 is 0. The Morgan fingerprint density at radius 3 is 1.32 bits per heavy atom. The molecule has 0 saturated heterocycles. The van der Waals surface area contributed by atoms with Gasteiger partial charge in [0.2, 0.25) is 23.6 Å². The summed E-state index contributed by atoms with van der Waals surface area (Å²) in [4.78, 5) is 54.5. The summed E-state index contributed by atoms with van der Waals surface area (Å²) in [5, 5.41) is 18.9. The van der Waals surface area contributed by atoms with Gasteiger partial charge in [-0.3, -0.25) is 24.5 Å². The van der Waals surface area contributed by atoms with Crippen molar-refractivity contribution in [3.63, 3.8) is 0 Å². The van der Waals surface area contributed by atoms with Crippen LogP contribution in [0.1, 0.15) is 105 Å². The molecule has 0 aliphatic heterocycles. The second kappa shape index (κ2) is 28.8. The van der Waals surface area contributed by atoms with Gasteiger partial charge in [-0.1, -0.05) is 169 Å². The van der Waals surface area contributed by atoms with Gasteiger partial charge < -0.3 is 38.1 Å². The molecular formula is C56H82N8O4. The third-order valence-corrected chi connectivity index (χ3v) is 12.3. The molecule has 0 heterocycles. The van der Waals surface area contributed by atoms with Gasteiger partial charge in [0.05, 0.1) is 12.1 Å². The summed E-state index contributed by atoms with van der Waals surface area (Å²) in [6, 6.07) is 33.6. The zero-order chi connectivity index (χ0) is 49.5. The van der Waals surface area contributed by atoms with Crippen LogP contribution >= 0.6 is 0 Å². The van der Waals surface area contributed by atoms with Crippen molar-refractivity contribution in [2.75, 3.05) is 26.2 Å². The van der Waals surface area contributed by atoms with Crippen molar-refractivity contribution < 1.29 is 19.2 Å². The standard InChI is InChI=1S/C56H82N8O4/c1-39(2)18-14-16-32-59-53(66)49(35-43-26-30-47(31-27-43)45-22-12-9-13-23-45)63-55(68)51(38-58)64-56(6,7)36-41(5)19-15-17-33-60-52(65)48(62-54(67)50(37-57)61-40(3)4)34-42-24-28-46(29-25-42)44-20-10-8-11-21-44/h8-13,20-31,39-41,48-51,61,64H,14-19,32-38,57-58H2,1-7H3,(H,59,66)(H,60,65)(H,62,67)(H,63,68)/t41?,48?,49-,50-,51+/m0/s1. The van der Waals surface area contributed by atoms with Gasteiger partial charge in [0.15, 0.2) is 0 Å². The summed E-state index contributed by atoms with van der Waals surface area (Å²) in [5.41, 5.74) is 18.0. The fraction of sp³-hybridized carbons (Fsp3) is 0.500. The third-order valence-electron chi connectivity index (χ3n) is 12.3. The quantitative estimate of drug-likeness (QED) is 0.0255. The molecular weight excluding hydrogens is 849 g/mol. The Morgan fingerprint density at radius 1 is 0.500 bits per heavy atom. The normalized spacial score (nSPS) is 13.9. The van der Waals surface area contributed by atoms with Crippen molar-refractivity contribution in [3.8, 4) is 22.3 Å². The molecule has 12 nitrogen and oxygen atoms in total. The van der Waals surface area contributed by atoms with Crippen molar-refractivity contribution in [1.29, 1.82) is 0 Å². The van der Waals surface area contributed by atoms with E-state index in [1.807, 2.05) is 98.8 Å². The fourth-order valence-electron chi connectivity index (χ4n) is 8.72. The van der Waals surface area contributed by atoms with Crippen molar-refractivity contribution in [3.05, 3.63) is 120 Å². The second-order valence-corrected chi connectivity index (χ2v) is 19.9. The predicted molar refractivity (Wildman–Crippen MR) is 279 cm³/mol. The van der Waals surface area contributed by atoms with Crippen molar-refractivity contribution >= 4 is 23.6 Å². The van der Waals surface area contributed by atoms with Gasteiger partial charge in [-0.2, -0.15) is 0 Å². The van der Waals surface area contributed by atoms with Crippen molar-refractivity contribution in [1.82, 2.24) is 31.9 Å². The zero-order valence-corrected chi connectivity index (χ0v) is 41.9. The minimum atomic E-state index is -0.776. The molecule has 10 N–H and O–H groups in total. The molecule has 4 amide bonds. The number of nitrogens with two attached hydrogens (primary N) is 2. The van der Waals surface area contributed by atoms with E-state index in [1.54, 1.807) is 0 Å². The van der Waals surface area contributed by atoms with Gasteiger partial charge in [0, 0.05) is 50.6 Å². The molecule has 12 heteroatoms. The maximum atomic E-state index is 13.9. The van der Waals surface area contributed by atoms with Gasteiger partial charge in [0.1, 0.15) is 12.1 Å². The Balaban J connectivity index is 1.29. The highest BCUT2D eigenvalue weighted by Gasteiger charge is 2.31. The lowest BCUT2D eigenvalue weighted by atomic mass is 9.87. The van der Waals surface area contributed by atoms with Crippen LogP contribution in [0.5, 0.6) is 0 Å². The number of hydrogen-bond donors (Lipinski definition) is 8. The number of benzene rings is 4. The van der Waals surface area contributed by atoms with E-state index in [2.05, 4.69) is 90.8 Å². The van der Waals surface area contributed by atoms with Crippen LogP contribution in [0, 0.1) is 11.8 Å². The molecule has 0 spiro atoms. The molecule has 0 radical (unpaired) electrons. The first-order chi connectivity index (χ1) is 32.6. The summed E-state index contributed by atoms with van der Waals surface area (Å²) in [5.74, 6) is -0.149. The van der Waals surface area contributed by atoms with Crippen molar-refractivity contribution in [2.24, 2.45) is 23.3 Å². The Morgan fingerprint density at radius 2 is 0.912 bits per heavy atom. The van der Waals surface area contributed by atoms with Crippen LogP contribution in [-0.2, 0) is 32.0 Å². The SMILES string of the molecule is CC(C)CCCCNC(=O)[C@H](Cc1ccc(-c2ccccc2)cc1)NC(=O)[C@@H](CN)NC(C)(C)CC(C)CCCCNC(=O)C(Cc1ccc(-c2ccccc2)cc1)NC(=O)[C@H](CN)NC(C)C. The number of nitrogens with one attached hydrogen (secondary N) is 6. The first kappa shape index (κ1) is 55.2. The number of carbonyl (C=O) groups is 4. The van der Waals surface area contributed by atoms with E-state index in [0.717, 1.165) is 78.3 Å². The average Bonchev–Trinajstić information content (AvgIpc) is 3.32. The van der Waals surface area contributed by atoms with E-state index in [4.69, 9.17) is 11.5 Å². The molecule has 4 rings (SSSR count). The zero-order valence-electron chi connectivity index (χ0n) is 41.9. The van der Waals surface area contributed by atoms with Crippen LogP contribution in [0.15, 0.2) is 109 Å². The molecule has 2 unspecified atom stereocenters. The van der Waals surface area contributed by atoms with E-state index >= 15 is 0 Å². The number of unbranched alkanes of at least 4 members (excludes halogenated alkanes) is 2. The second-order valence-electron chi connectivity index (χ2n) is 19.9. The van der Waals surface area contributed by atoms with Gasteiger partial charge in [-0.25, -0.2) is 0 Å². The van der Waals surface area contributed by atoms with Crippen LogP contribution in [0.4, 0.5) is 0 Å². The molecule has 4 aromatic rings. The molecule has 0 aromatic heterocycles. The fourth-order valence-corrected chi connectivity index (χ4v) is 8.72. The maximum absolute atomic E-state index is 13.9. The van der Waals surface area contributed by atoms with Crippen LogP contribution in [-0.4, -0.2) is 85.6 Å². The number of carbonyl (C=O) groups excluding carboxylic acids is 4. The van der Waals surface area contributed by atoms with Crippen molar-refractivity contribution in [2.45, 2.75) is 142 Å². The summed E-state index contributed by atoms with van der Waals surface area (Å²) in [7, 11) is 0. The lowest BCUT2D eigenvalue weighted by Crippen LogP contribution is -2.59. The van der Waals surface area contributed by atoms with Crippen LogP contribution in [0.2, 0.25) is 0 Å². The Bertz CT molecular complexity index is 2090. The molecule has 370 valence electrons. The van der Waals surface area contributed by atoms with Gasteiger partial charge in [0.25, 0.3) is 0 Å². The Kier molecular flexibility index (Phi) is 23.4. The van der Waals surface area contributed by atoms with Crippen LogP contribution < -0.4 is 43.4 Å². The Labute approximate surface area is 407 Å². The molecule has 0 saturated carbocycles. The lowest BCUT2D eigenvalue weighted by Gasteiger charge is -2.34. The van der Waals surface area contributed by atoms with Crippen LogP contribution in [0.25, 0.3) is 22.3 Å². The van der Waals surface area contributed by atoms with E-state index in [0.29, 0.717) is 37.8 Å². The molecule has 68 heavy (non-hydrogen) atoms. The monoisotopic (exact) mass is 931 g/mol. The molecule has 5 atom stereocenters. The van der Waals surface area contributed by atoms with Gasteiger partial charge in [-0.15, -0.1) is 0 Å². The molecule has 0 fully saturated rings. The minimum absolute atomic E-state index is 0.0457. The van der Waals surface area contributed by atoms with E-state index in [1.165, 1.54) is 0 Å². The van der Waals surface area contributed by atoms with E-state index in [9.17, 15) is 19.2 Å². The Hall–Kier alpha value is -5.40.